The fourth-order valence-corrected chi connectivity index (χ4v) is 8.07. The first-order chi connectivity index (χ1) is 14.7. The fraction of sp³-hybridized carbons (Fsp3) is 0.731. The lowest BCUT2D eigenvalue weighted by molar-refractivity contribution is -0.0591. The van der Waals surface area contributed by atoms with Gasteiger partial charge in [-0.2, -0.15) is 0 Å². The minimum Gasteiger partial charge on any atom is -0.302 e. The third kappa shape index (κ3) is 3.36. The minimum atomic E-state index is 0.220. The van der Waals surface area contributed by atoms with Crippen LogP contribution in [0, 0.1) is 23.2 Å². The average Bonchev–Trinajstić information content (AvgIpc) is 3.01. The summed E-state index contributed by atoms with van der Waals surface area (Å²) < 4.78 is 4.17. The molecule has 1 aromatic carbocycles. The molecule has 1 saturated heterocycles. The second-order valence-corrected chi connectivity index (χ2v) is 11.1. The SMILES string of the molecule is O=c1n(CCN2CCCCC2)c2ccccc2n1CCC12CC3CC(CC(C3)C1)C2. The molecule has 0 amide bonds. The molecule has 162 valence electrons. The monoisotopic (exact) mass is 407 g/mol. The molecule has 2 aromatic rings. The molecule has 4 bridgehead atoms. The summed E-state index contributed by atoms with van der Waals surface area (Å²) >= 11 is 0. The maximum Gasteiger partial charge on any atom is 0.329 e. The molecular formula is C26H37N3O. The van der Waals surface area contributed by atoms with Crippen LogP contribution in [0.1, 0.15) is 64.2 Å². The Morgan fingerprint density at radius 1 is 0.767 bits per heavy atom. The van der Waals surface area contributed by atoms with E-state index in [0.717, 1.165) is 48.4 Å². The van der Waals surface area contributed by atoms with Gasteiger partial charge in [-0.15, -0.1) is 0 Å². The Balaban J connectivity index is 1.23. The first kappa shape index (κ1) is 19.2. The first-order valence-corrected chi connectivity index (χ1v) is 12.6. The van der Waals surface area contributed by atoms with E-state index in [9.17, 15) is 4.79 Å². The standard InChI is InChI=1S/C26H37N3O/c30-25-28(11-8-26-17-20-14-21(18-26)16-22(15-20)19-26)23-6-2-3-7-24(23)29(25)13-12-27-9-4-1-5-10-27/h2-3,6-7,20-22H,1,4-5,8-19H2. The van der Waals surface area contributed by atoms with Gasteiger partial charge in [-0.05, 0) is 106 Å². The molecule has 0 unspecified atom stereocenters. The minimum absolute atomic E-state index is 0.220. The van der Waals surface area contributed by atoms with Gasteiger partial charge in [0.05, 0.1) is 11.0 Å². The van der Waals surface area contributed by atoms with Crippen LogP contribution in [0.3, 0.4) is 0 Å². The first-order valence-electron chi connectivity index (χ1n) is 12.6. The Bertz CT molecular complexity index is 929. The predicted octanol–water partition coefficient (Wildman–Crippen LogP) is 4.90. The molecule has 5 aliphatic rings. The molecule has 4 nitrogen and oxygen atoms in total. The van der Waals surface area contributed by atoms with Crippen molar-refractivity contribution in [3.63, 3.8) is 0 Å². The number of hydrogen-bond acceptors (Lipinski definition) is 2. The molecule has 4 saturated carbocycles. The second-order valence-electron chi connectivity index (χ2n) is 11.1. The van der Waals surface area contributed by atoms with Gasteiger partial charge in [0.15, 0.2) is 0 Å². The summed E-state index contributed by atoms with van der Waals surface area (Å²) in [6.45, 7) is 5.12. The van der Waals surface area contributed by atoms with Crippen molar-refractivity contribution in [3.8, 4) is 0 Å². The summed E-state index contributed by atoms with van der Waals surface area (Å²) in [7, 11) is 0. The Kier molecular flexibility index (Phi) is 4.82. The topological polar surface area (TPSA) is 30.2 Å². The van der Waals surface area contributed by atoms with Crippen LogP contribution in [-0.4, -0.2) is 33.7 Å². The molecule has 1 aliphatic heterocycles. The quantitative estimate of drug-likeness (QED) is 0.682. The number of piperidine rings is 1. The van der Waals surface area contributed by atoms with Crippen LogP contribution in [0.15, 0.2) is 29.1 Å². The summed E-state index contributed by atoms with van der Waals surface area (Å²) in [5.74, 6) is 2.96. The van der Waals surface area contributed by atoms with Crippen molar-refractivity contribution >= 4 is 11.0 Å². The number of hydrogen-bond donors (Lipinski definition) is 0. The maximum atomic E-state index is 13.5. The molecule has 7 rings (SSSR count). The molecule has 2 heterocycles. The van der Waals surface area contributed by atoms with E-state index in [1.54, 1.807) is 0 Å². The van der Waals surface area contributed by atoms with E-state index in [4.69, 9.17) is 0 Å². The lowest BCUT2D eigenvalue weighted by Gasteiger charge is -2.57. The van der Waals surface area contributed by atoms with E-state index < -0.39 is 0 Å². The number of benzene rings is 1. The second kappa shape index (κ2) is 7.55. The number of rotatable bonds is 6. The fourth-order valence-electron chi connectivity index (χ4n) is 8.07. The molecule has 0 spiro atoms. The van der Waals surface area contributed by atoms with Crippen molar-refractivity contribution in [1.82, 2.24) is 14.0 Å². The number of aryl methyl sites for hydroxylation is 1. The average molecular weight is 408 g/mol. The molecule has 1 aromatic heterocycles. The highest BCUT2D eigenvalue weighted by molar-refractivity contribution is 5.76. The number of likely N-dealkylation sites (tertiary alicyclic amines) is 1. The Labute approximate surface area is 180 Å². The van der Waals surface area contributed by atoms with Crippen LogP contribution in [0.25, 0.3) is 11.0 Å². The van der Waals surface area contributed by atoms with Crippen molar-refractivity contribution in [2.45, 2.75) is 77.3 Å². The largest absolute Gasteiger partial charge is 0.329 e. The zero-order chi connectivity index (χ0) is 20.1. The normalized spacial score (nSPS) is 33.5. The lowest BCUT2D eigenvalue weighted by atomic mass is 9.49. The summed E-state index contributed by atoms with van der Waals surface area (Å²) in [5.41, 5.74) is 3.03. The van der Waals surface area contributed by atoms with Crippen molar-refractivity contribution < 1.29 is 0 Å². The molecule has 0 atom stereocenters. The molecule has 4 aliphatic carbocycles. The van der Waals surface area contributed by atoms with Crippen LogP contribution < -0.4 is 5.69 Å². The van der Waals surface area contributed by atoms with Gasteiger partial charge in [-0.3, -0.25) is 9.13 Å². The third-order valence-electron chi connectivity index (χ3n) is 9.04. The molecule has 30 heavy (non-hydrogen) atoms. The van der Waals surface area contributed by atoms with Gasteiger partial charge in [0.25, 0.3) is 0 Å². The maximum absolute atomic E-state index is 13.5. The molecular weight excluding hydrogens is 370 g/mol. The number of aromatic nitrogens is 2. The highest BCUT2D eigenvalue weighted by Crippen LogP contribution is 2.61. The number of para-hydroxylation sites is 2. The van der Waals surface area contributed by atoms with Crippen molar-refractivity contribution in [3.05, 3.63) is 34.7 Å². The number of imidazole rings is 1. The van der Waals surface area contributed by atoms with Crippen LogP contribution >= 0.6 is 0 Å². The molecule has 0 radical (unpaired) electrons. The van der Waals surface area contributed by atoms with Crippen LogP contribution in [0.2, 0.25) is 0 Å². The van der Waals surface area contributed by atoms with E-state index in [-0.39, 0.29) is 5.69 Å². The van der Waals surface area contributed by atoms with Gasteiger partial charge in [0.2, 0.25) is 0 Å². The zero-order valence-electron chi connectivity index (χ0n) is 18.4. The van der Waals surface area contributed by atoms with E-state index in [1.165, 1.54) is 77.3 Å². The van der Waals surface area contributed by atoms with E-state index in [1.807, 2.05) is 0 Å². The molecule has 0 N–H and O–H groups in total. The van der Waals surface area contributed by atoms with Gasteiger partial charge in [-0.1, -0.05) is 18.6 Å². The van der Waals surface area contributed by atoms with Crippen LogP contribution in [0.4, 0.5) is 0 Å². The Morgan fingerprint density at radius 2 is 1.33 bits per heavy atom. The smallest absolute Gasteiger partial charge is 0.302 e. The summed E-state index contributed by atoms with van der Waals surface area (Å²) in [6.07, 6.45) is 14.0. The summed E-state index contributed by atoms with van der Waals surface area (Å²) in [5, 5.41) is 0. The van der Waals surface area contributed by atoms with Gasteiger partial charge in [0, 0.05) is 19.6 Å². The van der Waals surface area contributed by atoms with Crippen molar-refractivity contribution in [2.75, 3.05) is 19.6 Å². The lowest BCUT2D eigenvalue weighted by Crippen LogP contribution is -2.46. The van der Waals surface area contributed by atoms with Crippen LogP contribution in [0.5, 0.6) is 0 Å². The highest BCUT2D eigenvalue weighted by atomic mass is 16.1. The highest BCUT2D eigenvalue weighted by Gasteiger charge is 2.50. The Hall–Kier alpha value is -1.55. The van der Waals surface area contributed by atoms with Crippen molar-refractivity contribution in [2.24, 2.45) is 23.2 Å². The van der Waals surface area contributed by atoms with Crippen LogP contribution in [-0.2, 0) is 13.1 Å². The zero-order valence-corrected chi connectivity index (χ0v) is 18.4. The number of fused-ring (bicyclic) bond motifs is 1. The van der Waals surface area contributed by atoms with Gasteiger partial charge in [0.1, 0.15) is 0 Å². The van der Waals surface area contributed by atoms with Gasteiger partial charge in [-0.25, -0.2) is 4.79 Å². The van der Waals surface area contributed by atoms with E-state index >= 15 is 0 Å². The van der Waals surface area contributed by atoms with E-state index in [0.29, 0.717) is 5.41 Å². The van der Waals surface area contributed by atoms with E-state index in [2.05, 4.69) is 38.3 Å². The summed E-state index contributed by atoms with van der Waals surface area (Å²) in [4.78, 5) is 16.0. The third-order valence-corrected chi connectivity index (χ3v) is 9.04. The predicted molar refractivity (Wildman–Crippen MR) is 122 cm³/mol. The van der Waals surface area contributed by atoms with Crippen molar-refractivity contribution in [1.29, 1.82) is 0 Å². The summed E-state index contributed by atoms with van der Waals surface area (Å²) in [6, 6.07) is 8.49. The number of nitrogens with zero attached hydrogens (tertiary/aromatic N) is 3. The molecule has 5 fully saturated rings. The Morgan fingerprint density at radius 3 is 1.93 bits per heavy atom. The molecule has 4 heteroatoms. The van der Waals surface area contributed by atoms with Gasteiger partial charge >= 0.3 is 5.69 Å². The van der Waals surface area contributed by atoms with Gasteiger partial charge < -0.3 is 4.90 Å².